The first-order valence-electron chi connectivity index (χ1n) is 19.7. The van der Waals surface area contributed by atoms with E-state index in [2.05, 4.69) is 194 Å². The molecule has 0 aromatic heterocycles. The van der Waals surface area contributed by atoms with E-state index < -0.39 is 26.8 Å². The van der Waals surface area contributed by atoms with E-state index in [0.29, 0.717) is 3.63 Å². The van der Waals surface area contributed by atoms with E-state index in [1.807, 2.05) is 0 Å². The van der Waals surface area contributed by atoms with E-state index in [9.17, 15) is 0 Å². The summed E-state index contributed by atoms with van der Waals surface area (Å²) in [6.45, 7) is 16.7. The van der Waals surface area contributed by atoms with Gasteiger partial charge in [-0.2, -0.15) is 0 Å². The Morgan fingerprint density at radius 1 is 0.604 bits per heavy atom. The van der Waals surface area contributed by atoms with E-state index in [-0.39, 0.29) is 10.8 Å². The molecule has 265 valence electrons. The topological polar surface area (TPSA) is 0 Å². The number of allylic oxidation sites excluding steroid dienone is 1. The van der Waals surface area contributed by atoms with Crippen LogP contribution in [0.25, 0.3) is 28.3 Å². The zero-order chi connectivity index (χ0) is 36.9. The molecule has 6 aromatic rings. The molecule has 6 aromatic carbocycles. The number of benzene rings is 6. The van der Waals surface area contributed by atoms with E-state index in [0.717, 1.165) is 19.3 Å². The van der Waals surface area contributed by atoms with E-state index in [1.165, 1.54) is 44.5 Å². The molecule has 0 amide bonds. The number of fused-ring (bicyclic) bond motifs is 4. The van der Waals surface area contributed by atoms with Gasteiger partial charge in [0.05, 0.1) is 0 Å². The van der Waals surface area contributed by atoms with Crippen molar-refractivity contribution in [3.8, 4) is 22.3 Å². The fourth-order valence-corrected chi connectivity index (χ4v) is 34.6. The Hall–Kier alpha value is -3.84. The van der Waals surface area contributed by atoms with Gasteiger partial charge in [0, 0.05) is 0 Å². The van der Waals surface area contributed by atoms with Crippen LogP contribution in [-0.4, -0.2) is 5.92 Å². The van der Waals surface area contributed by atoms with Crippen molar-refractivity contribution in [2.24, 2.45) is 0 Å². The average molecular weight is 785 g/mol. The van der Waals surface area contributed by atoms with Crippen LogP contribution in [-0.2, 0) is 38.2 Å². The van der Waals surface area contributed by atoms with Gasteiger partial charge in [-0.05, 0) is 0 Å². The summed E-state index contributed by atoms with van der Waals surface area (Å²) in [6.07, 6.45) is 6.02. The van der Waals surface area contributed by atoms with Gasteiger partial charge in [-0.1, -0.05) is 0 Å². The van der Waals surface area contributed by atoms with Crippen LogP contribution in [0.1, 0.15) is 98.3 Å². The monoisotopic (exact) mass is 783 g/mol. The number of hydrogen-bond acceptors (Lipinski definition) is 0. The molecule has 0 fully saturated rings. The summed E-state index contributed by atoms with van der Waals surface area (Å²) in [5, 5.41) is 3.22. The molecule has 0 bridgehead atoms. The first-order chi connectivity index (χ1) is 25.5. The molecule has 0 nitrogen and oxygen atoms in total. The van der Waals surface area contributed by atoms with Crippen LogP contribution in [0, 0.1) is 0 Å². The van der Waals surface area contributed by atoms with Crippen LogP contribution < -0.4 is 13.6 Å². The second kappa shape index (κ2) is 14.4. The SMILES string of the molecule is CCCC1=Cc2c(-c3ccccc3)cccc2[CH]1[Zr]([c]1cc(C(C)(C)C)cc2c1Cc1ccc(C(C)(C)C)cc1-2)[SiH](c1ccccc1)c1ccccc1. The molecule has 0 saturated heterocycles. The van der Waals surface area contributed by atoms with Gasteiger partial charge < -0.3 is 0 Å². The molecule has 0 N–H and O–H groups in total. The first kappa shape index (κ1) is 36.2. The summed E-state index contributed by atoms with van der Waals surface area (Å²) < 4.78 is 2.26. The number of hydrogen-bond donors (Lipinski definition) is 0. The molecule has 53 heavy (non-hydrogen) atoms. The second-order valence-corrected chi connectivity index (χ2v) is 32.5. The molecule has 2 aliphatic carbocycles. The molecule has 1 unspecified atom stereocenters. The maximum atomic E-state index is 2.76. The predicted molar refractivity (Wildman–Crippen MR) is 229 cm³/mol. The molecular weight excluding hydrogens is 732 g/mol. The van der Waals surface area contributed by atoms with Gasteiger partial charge in [0.15, 0.2) is 0 Å². The molecule has 0 aliphatic heterocycles. The van der Waals surface area contributed by atoms with Crippen molar-refractivity contribution < 1.29 is 20.9 Å². The van der Waals surface area contributed by atoms with Crippen LogP contribution in [0.15, 0.2) is 145 Å². The zero-order valence-electron chi connectivity index (χ0n) is 32.6. The molecule has 2 heteroatoms. The van der Waals surface area contributed by atoms with Crippen molar-refractivity contribution in [2.45, 2.75) is 82.2 Å². The third-order valence-corrected chi connectivity index (χ3v) is 33.6. The van der Waals surface area contributed by atoms with Crippen molar-refractivity contribution in [3.05, 3.63) is 178 Å². The minimum atomic E-state index is -2.83. The van der Waals surface area contributed by atoms with Crippen molar-refractivity contribution >= 4 is 25.6 Å². The van der Waals surface area contributed by atoms with Gasteiger partial charge in [0.1, 0.15) is 0 Å². The van der Waals surface area contributed by atoms with Crippen molar-refractivity contribution in [1.29, 1.82) is 0 Å². The fourth-order valence-electron chi connectivity index (χ4n) is 8.96. The Kier molecular flexibility index (Phi) is 9.84. The quantitative estimate of drug-likeness (QED) is 0.135. The summed E-state index contributed by atoms with van der Waals surface area (Å²) in [5.74, 6) is -1.75. The fraction of sp³-hybridized carbons (Fsp3) is 0.255. The van der Waals surface area contributed by atoms with Gasteiger partial charge in [-0.3, -0.25) is 0 Å². The van der Waals surface area contributed by atoms with Crippen molar-refractivity contribution in [3.63, 3.8) is 0 Å². The molecule has 2 aliphatic rings. The van der Waals surface area contributed by atoms with Gasteiger partial charge in [-0.25, -0.2) is 0 Å². The van der Waals surface area contributed by atoms with Crippen molar-refractivity contribution in [2.75, 3.05) is 0 Å². The molecule has 0 saturated carbocycles. The standard InChI is InChI=1S/C21H25.C18H17.C12H11Si.Zr/c1-20(2,3)16-9-7-14-11-15-8-10-17(21(4,5)6)13-19(15)18(14)12-16;1-2-7-14-12-16-10-6-11-17(18(16)13-14)15-8-4-3-5-9-15;1-3-7-11(8-4-1)13-12-9-5-2-6-10-12;/h7,9-10,12-13H,11H2,1-6H3;3-6,8-13H,2,7H2,1H3;1-10,13H;. The molecule has 1 atom stereocenters. The Morgan fingerprint density at radius 2 is 1.21 bits per heavy atom. The second-order valence-electron chi connectivity index (χ2n) is 17.4. The summed E-state index contributed by atoms with van der Waals surface area (Å²) in [6, 6.07) is 54.7. The maximum absolute atomic E-state index is 2.83. The predicted octanol–water partition coefficient (Wildman–Crippen LogP) is 11.2. The third-order valence-electron chi connectivity index (χ3n) is 11.7. The minimum absolute atomic E-state index is 0.0368. The van der Waals surface area contributed by atoms with Crippen LogP contribution in [0.5, 0.6) is 0 Å². The Balaban J connectivity index is 1.45. The van der Waals surface area contributed by atoms with Gasteiger partial charge in [-0.15, -0.1) is 0 Å². The van der Waals surface area contributed by atoms with Crippen LogP contribution >= 0.6 is 0 Å². The Morgan fingerprint density at radius 3 is 1.81 bits per heavy atom. The summed E-state index contributed by atoms with van der Waals surface area (Å²) in [4.78, 5) is 0. The summed E-state index contributed by atoms with van der Waals surface area (Å²) in [7, 11) is 0. The molecule has 8 rings (SSSR count). The third kappa shape index (κ3) is 6.88. The van der Waals surface area contributed by atoms with Crippen LogP contribution in [0.4, 0.5) is 0 Å². The molecule has 0 spiro atoms. The normalized spacial score (nSPS) is 14.9. The van der Waals surface area contributed by atoms with Crippen LogP contribution in [0.3, 0.4) is 0 Å². The average Bonchev–Trinajstić information content (AvgIpc) is 3.72. The number of rotatable bonds is 8. The van der Waals surface area contributed by atoms with E-state index in [4.69, 9.17) is 0 Å². The summed E-state index contributed by atoms with van der Waals surface area (Å²) >= 11 is -2.83. The molecular formula is C51H53SiZr. The van der Waals surface area contributed by atoms with Crippen molar-refractivity contribution in [1.82, 2.24) is 0 Å². The van der Waals surface area contributed by atoms with E-state index in [1.54, 1.807) is 30.3 Å². The first-order valence-corrected chi connectivity index (χ1v) is 28.3. The molecule has 0 radical (unpaired) electrons. The Bertz CT molecular complexity index is 2250. The van der Waals surface area contributed by atoms with Gasteiger partial charge >= 0.3 is 329 Å². The zero-order valence-corrected chi connectivity index (χ0v) is 36.2. The molecule has 0 heterocycles. The van der Waals surface area contributed by atoms with Crippen LogP contribution in [0.2, 0.25) is 0 Å². The van der Waals surface area contributed by atoms with Gasteiger partial charge in [0.2, 0.25) is 0 Å². The summed E-state index contributed by atoms with van der Waals surface area (Å²) in [5.41, 5.74) is 16.6. The van der Waals surface area contributed by atoms with E-state index >= 15 is 0 Å². The van der Waals surface area contributed by atoms with Gasteiger partial charge in [0.25, 0.3) is 0 Å². The Labute approximate surface area is 327 Å².